The van der Waals surface area contributed by atoms with Gasteiger partial charge in [0.15, 0.2) is 0 Å². The van der Waals surface area contributed by atoms with Crippen molar-refractivity contribution in [2.24, 2.45) is 0 Å². The first-order valence-electron chi connectivity index (χ1n) is 7.30. The van der Waals surface area contributed by atoms with Crippen LogP contribution in [-0.4, -0.2) is 31.1 Å². The van der Waals surface area contributed by atoms with Crippen molar-refractivity contribution in [3.8, 4) is 0 Å². The van der Waals surface area contributed by atoms with E-state index in [0.717, 1.165) is 26.2 Å². The minimum absolute atomic E-state index is 0.413. The van der Waals surface area contributed by atoms with E-state index in [2.05, 4.69) is 59.8 Å². The molecule has 0 saturated carbocycles. The van der Waals surface area contributed by atoms with Crippen LogP contribution in [-0.2, 0) is 0 Å². The molecule has 0 aliphatic carbocycles. The van der Waals surface area contributed by atoms with E-state index < -0.39 is 0 Å². The average Bonchev–Trinajstić information content (AvgIpc) is 2.89. The Hall–Kier alpha value is -1.16. The van der Waals surface area contributed by atoms with Crippen LogP contribution >= 0.6 is 11.3 Å². The van der Waals surface area contributed by atoms with Crippen LogP contribution in [0.4, 0.5) is 0 Å². The van der Waals surface area contributed by atoms with Crippen LogP contribution in [0.2, 0.25) is 0 Å². The molecular formula is C17H22N2S. The topological polar surface area (TPSA) is 15.3 Å². The lowest BCUT2D eigenvalue weighted by atomic mass is 10.0. The predicted octanol–water partition coefficient (Wildman–Crippen LogP) is 3.36. The molecule has 0 amide bonds. The van der Waals surface area contributed by atoms with Gasteiger partial charge in [-0.1, -0.05) is 29.8 Å². The van der Waals surface area contributed by atoms with Gasteiger partial charge >= 0.3 is 0 Å². The van der Waals surface area contributed by atoms with Crippen molar-refractivity contribution in [1.29, 1.82) is 0 Å². The number of hydrogen-bond donors (Lipinski definition) is 1. The maximum atomic E-state index is 3.45. The molecular weight excluding hydrogens is 264 g/mol. The van der Waals surface area contributed by atoms with Crippen LogP contribution in [0.1, 0.15) is 27.6 Å². The zero-order valence-electron chi connectivity index (χ0n) is 12.2. The Morgan fingerprint density at radius 3 is 2.35 bits per heavy atom. The van der Waals surface area contributed by atoms with E-state index in [0.29, 0.717) is 6.04 Å². The van der Waals surface area contributed by atoms with Gasteiger partial charge in [0.05, 0.1) is 6.04 Å². The summed E-state index contributed by atoms with van der Waals surface area (Å²) in [5, 5.41) is 5.71. The van der Waals surface area contributed by atoms with E-state index in [1.807, 2.05) is 11.3 Å². The SMILES string of the molecule is Cc1ccc(C(c2cc(C)cs2)N2CCNCC2)cc1. The molecule has 1 N–H and O–H groups in total. The first-order valence-corrected chi connectivity index (χ1v) is 8.18. The molecule has 3 heteroatoms. The fourth-order valence-corrected chi connectivity index (χ4v) is 3.90. The number of rotatable bonds is 3. The molecule has 1 aromatic carbocycles. The Morgan fingerprint density at radius 2 is 1.75 bits per heavy atom. The Kier molecular flexibility index (Phi) is 4.20. The molecule has 0 bridgehead atoms. The van der Waals surface area contributed by atoms with Crippen molar-refractivity contribution in [2.45, 2.75) is 19.9 Å². The fourth-order valence-electron chi connectivity index (χ4n) is 2.84. The molecule has 1 fully saturated rings. The van der Waals surface area contributed by atoms with Gasteiger partial charge < -0.3 is 5.32 Å². The predicted molar refractivity (Wildman–Crippen MR) is 86.5 cm³/mol. The van der Waals surface area contributed by atoms with Gasteiger partial charge in [-0.3, -0.25) is 4.90 Å². The van der Waals surface area contributed by atoms with Gasteiger partial charge in [-0.25, -0.2) is 0 Å². The summed E-state index contributed by atoms with van der Waals surface area (Å²) in [7, 11) is 0. The second kappa shape index (κ2) is 6.08. The maximum absolute atomic E-state index is 3.45. The first-order chi connectivity index (χ1) is 9.74. The molecule has 2 heterocycles. The van der Waals surface area contributed by atoms with Crippen LogP contribution in [0.15, 0.2) is 35.7 Å². The van der Waals surface area contributed by atoms with Crippen molar-refractivity contribution in [3.05, 3.63) is 57.3 Å². The third-order valence-electron chi connectivity index (χ3n) is 3.93. The third kappa shape index (κ3) is 2.95. The fraction of sp³-hybridized carbons (Fsp3) is 0.412. The third-order valence-corrected chi connectivity index (χ3v) is 5.03. The van der Waals surface area contributed by atoms with E-state index in [-0.39, 0.29) is 0 Å². The largest absolute Gasteiger partial charge is 0.314 e. The summed E-state index contributed by atoms with van der Waals surface area (Å²) in [5.41, 5.74) is 4.12. The normalized spacial score (nSPS) is 18.1. The Labute approximate surface area is 125 Å². The summed E-state index contributed by atoms with van der Waals surface area (Å²) >= 11 is 1.89. The lowest BCUT2D eigenvalue weighted by molar-refractivity contribution is 0.200. The van der Waals surface area contributed by atoms with E-state index in [1.165, 1.54) is 21.6 Å². The van der Waals surface area contributed by atoms with Gasteiger partial charge in [0, 0.05) is 31.1 Å². The molecule has 1 saturated heterocycles. The van der Waals surface area contributed by atoms with Crippen LogP contribution in [0.5, 0.6) is 0 Å². The van der Waals surface area contributed by atoms with Crippen LogP contribution in [0.25, 0.3) is 0 Å². The van der Waals surface area contributed by atoms with E-state index >= 15 is 0 Å². The van der Waals surface area contributed by atoms with E-state index in [4.69, 9.17) is 0 Å². The average molecular weight is 286 g/mol. The lowest BCUT2D eigenvalue weighted by Gasteiger charge is -2.34. The highest BCUT2D eigenvalue weighted by Crippen LogP contribution is 2.33. The number of thiophene rings is 1. The molecule has 0 radical (unpaired) electrons. The molecule has 2 nitrogen and oxygen atoms in total. The number of nitrogens with one attached hydrogen (secondary N) is 1. The Balaban J connectivity index is 1.95. The van der Waals surface area contributed by atoms with E-state index in [1.54, 1.807) is 0 Å². The van der Waals surface area contributed by atoms with Crippen LogP contribution < -0.4 is 5.32 Å². The molecule has 1 atom stereocenters. The number of nitrogens with zero attached hydrogens (tertiary/aromatic N) is 1. The lowest BCUT2D eigenvalue weighted by Crippen LogP contribution is -2.45. The zero-order valence-corrected chi connectivity index (χ0v) is 13.0. The number of hydrogen-bond acceptors (Lipinski definition) is 3. The molecule has 0 spiro atoms. The summed E-state index contributed by atoms with van der Waals surface area (Å²) in [5.74, 6) is 0. The standard InChI is InChI=1S/C17H22N2S/c1-13-3-5-15(6-4-13)17(16-11-14(2)12-20-16)19-9-7-18-8-10-19/h3-6,11-12,17-18H,7-10H2,1-2H3. The van der Waals surface area contributed by atoms with Crippen LogP contribution in [0, 0.1) is 13.8 Å². The summed E-state index contributed by atoms with van der Waals surface area (Å²) in [6.07, 6.45) is 0. The monoisotopic (exact) mass is 286 g/mol. The summed E-state index contributed by atoms with van der Waals surface area (Å²) in [6, 6.07) is 11.8. The van der Waals surface area contributed by atoms with Crippen LogP contribution in [0.3, 0.4) is 0 Å². The Morgan fingerprint density at radius 1 is 1.05 bits per heavy atom. The van der Waals surface area contributed by atoms with Crippen molar-refractivity contribution < 1.29 is 0 Å². The molecule has 20 heavy (non-hydrogen) atoms. The second-order valence-electron chi connectivity index (χ2n) is 5.63. The van der Waals surface area contributed by atoms with Gasteiger partial charge in [0.1, 0.15) is 0 Å². The van der Waals surface area contributed by atoms with Crippen molar-refractivity contribution in [3.63, 3.8) is 0 Å². The molecule has 1 aliphatic heterocycles. The van der Waals surface area contributed by atoms with Crippen molar-refractivity contribution >= 4 is 11.3 Å². The Bertz CT molecular complexity index is 553. The molecule has 106 valence electrons. The highest BCUT2D eigenvalue weighted by molar-refractivity contribution is 7.10. The summed E-state index contributed by atoms with van der Waals surface area (Å²) < 4.78 is 0. The van der Waals surface area contributed by atoms with Gasteiger partial charge in [0.2, 0.25) is 0 Å². The minimum Gasteiger partial charge on any atom is -0.314 e. The molecule has 1 unspecified atom stereocenters. The highest BCUT2D eigenvalue weighted by atomic mass is 32.1. The molecule has 2 aromatic rings. The first kappa shape index (κ1) is 13.8. The van der Waals surface area contributed by atoms with E-state index in [9.17, 15) is 0 Å². The van der Waals surface area contributed by atoms with Crippen molar-refractivity contribution in [1.82, 2.24) is 10.2 Å². The number of aryl methyl sites for hydroxylation is 2. The maximum Gasteiger partial charge on any atom is 0.0697 e. The summed E-state index contributed by atoms with van der Waals surface area (Å²) in [4.78, 5) is 4.07. The minimum atomic E-state index is 0.413. The smallest absolute Gasteiger partial charge is 0.0697 e. The van der Waals surface area contributed by atoms with Gasteiger partial charge in [-0.15, -0.1) is 11.3 Å². The van der Waals surface area contributed by atoms with Gasteiger partial charge in [0.25, 0.3) is 0 Å². The molecule has 1 aliphatic rings. The second-order valence-corrected chi connectivity index (χ2v) is 6.57. The van der Waals surface area contributed by atoms with Gasteiger partial charge in [-0.2, -0.15) is 0 Å². The summed E-state index contributed by atoms with van der Waals surface area (Å²) in [6.45, 7) is 8.76. The number of benzene rings is 1. The highest BCUT2D eigenvalue weighted by Gasteiger charge is 2.24. The molecule has 1 aromatic heterocycles. The van der Waals surface area contributed by atoms with Gasteiger partial charge in [-0.05, 0) is 36.4 Å². The molecule has 3 rings (SSSR count). The number of piperazine rings is 1. The van der Waals surface area contributed by atoms with Crippen molar-refractivity contribution in [2.75, 3.05) is 26.2 Å². The zero-order chi connectivity index (χ0) is 13.9. The quantitative estimate of drug-likeness (QED) is 0.931.